The quantitative estimate of drug-likeness (QED) is 0.733. The van der Waals surface area contributed by atoms with Gasteiger partial charge in [-0.3, -0.25) is 4.90 Å². The van der Waals surface area contributed by atoms with Gasteiger partial charge >= 0.3 is 0 Å². The van der Waals surface area contributed by atoms with Crippen molar-refractivity contribution in [1.82, 2.24) is 10.2 Å². The number of nitrogens with one attached hydrogen (secondary N) is 1. The van der Waals surface area contributed by atoms with E-state index < -0.39 is 0 Å². The minimum absolute atomic E-state index is 0.0844. The predicted molar refractivity (Wildman–Crippen MR) is 89.0 cm³/mol. The highest BCUT2D eigenvalue weighted by Gasteiger charge is 2.21. The summed E-state index contributed by atoms with van der Waals surface area (Å²) in [5.41, 5.74) is 0.776. The van der Waals surface area contributed by atoms with Gasteiger partial charge in [0.05, 0.1) is 0 Å². The van der Waals surface area contributed by atoms with Gasteiger partial charge in [0.25, 0.3) is 0 Å². The van der Waals surface area contributed by atoms with E-state index in [0.29, 0.717) is 12.0 Å². The number of benzene rings is 1. The lowest BCUT2D eigenvalue weighted by atomic mass is 9.97. The van der Waals surface area contributed by atoms with Gasteiger partial charge in [-0.25, -0.2) is 4.39 Å². The monoisotopic (exact) mass is 294 g/mol. The SMILES string of the molecule is CCCNC(CN(C)C(C)c1ccccc1F)C(C)CC. The van der Waals surface area contributed by atoms with Crippen LogP contribution in [0.4, 0.5) is 4.39 Å². The first-order valence-electron chi connectivity index (χ1n) is 8.19. The third-order valence-electron chi connectivity index (χ3n) is 4.49. The van der Waals surface area contributed by atoms with Crippen LogP contribution in [-0.2, 0) is 0 Å². The molecule has 0 aliphatic carbocycles. The first kappa shape index (κ1) is 18.1. The van der Waals surface area contributed by atoms with Crippen LogP contribution < -0.4 is 5.32 Å². The molecule has 0 saturated carbocycles. The third kappa shape index (κ3) is 5.40. The van der Waals surface area contributed by atoms with Crippen molar-refractivity contribution in [3.8, 4) is 0 Å². The molecule has 1 aromatic rings. The van der Waals surface area contributed by atoms with E-state index in [0.717, 1.165) is 31.5 Å². The van der Waals surface area contributed by atoms with E-state index in [1.807, 2.05) is 12.1 Å². The highest BCUT2D eigenvalue weighted by Crippen LogP contribution is 2.22. The Hall–Kier alpha value is -0.930. The lowest BCUT2D eigenvalue weighted by Gasteiger charge is -2.33. The van der Waals surface area contributed by atoms with Gasteiger partial charge in [-0.15, -0.1) is 0 Å². The molecule has 2 nitrogen and oxygen atoms in total. The van der Waals surface area contributed by atoms with Gasteiger partial charge in [-0.05, 0) is 38.9 Å². The molecule has 3 atom stereocenters. The summed E-state index contributed by atoms with van der Waals surface area (Å²) < 4.78 is 13.9. The van der Waals surface area contributed by atoms with E-state index in [2.05, 4.69) is 45.0 Å². The molecule has 1 rings (SSSR count). The van der Waals surface area contributed by atoms with Crippen LogP contribution in [0.2, 0.25) is 0 Å². The fourth-order valence-corrected chi connectivity index (χ4v) is 2.58. The molecule has 0 saturated heterocycles. The summed E-state index contributed by atoms with van der Waals surface area (Å²) in [6.07, 6.45) is 2.29. The molecule has 3 unspecified atom stereocenters. The molecule has 0 radical (unpaired) electrons. The summed E-state index contributed by atoms with van der Waals surface area (Å²) in [5, 5.41) is 3.64. The fraction of sp³-hybridized carbons (Fsp3) is 0.667. The van der Waals surface area contributed by atoms with Gasteiger partial charge in [-0.2, -0.15) is 0 Å². The van der Waals surface area contributed by atoms with E-state index in [4.69, 9.17) is 0 Å². The first-order valence-corrected chi connectivity index (χ1v) is 8.19. The summed E-state index contributed by atoms with van der Waals surface area (Å²) in [6.45, 7) is 10.8. The molecule has 3 heteroatoms. The summed E-state index contributed by atoms with van der Waals surface area (Å²) in [7, 11) is 2.08. The Labute approximate surface area is 129 Å². The molecule has 0 aliphatic rings. The summed E-state index contributed by atoms with van der Waals surface area (Å²) in [5.74, 6) is 0.505. The van der Waals surface area contributed by atoms with E-state index in [1.54, 1.807) is 12.1 Å². The zero-order chi connectivity index (χ0) is 15.8. The normalized spacial score (nSPS) is 16.0. The van der Waals surface area contributed by atoms with Crippen LogP contribution in [0.3, 0.4) is 0 Å². The second-order valence-corrected chi connectivity index (χ2v) is 6.08. The Kier molecular flexibility index (Phi) is 7.91. The lowest BCUT2D eigenvalue weighted by molar-refractivity contribution is 0.199. The molecule has 120 valence electrons. The molecule has 0 spiro atoms. The topological polar surface area (TPSA) is 15.3 Å². The van der Waals surface area contributed by atoms with Gasteiger partial charge < -0.3 is 5.32 Å². The molecule has 0 bridgehead atoms. The van der Waals surface area contributed by atoms with Gasteiger partial charge in [0, 0.05) is 24.2 Å². The summed E-state index contributed by atoms with van der Waals surface area (Å²) in [6, 6.07) is 7.62. The van der Waals surface area contributed by atoms with Gasteiger partial charge in [-0.1, -0.05) is 45.4 Å². The molecule has 1 aromatic carbocycles. The van der Waals surface area contributed by atoms with E-state index in [-0.39, 0.29) is 11.9 Å². The minimum Gasteiger partial charge on any atom is -0.312 e. The second-order valence-electron chi connectivity index (χ2n) is 6.08. The van der Waals surface area contributed by atoms with Crippen molar-refractivity contribution in [3.63, 3.8) is 0 Å². The number of halogens is 1. The largest absolute Gasteiger partial charge is 0.312 e. The van der Waals surface area contributed by atoms with Crippen molar-refractivity contribution in [2.24, 2.45) is 5.92 Å². The molecule has 0 fully saturated rings. The van der Waals surface area contributed by atoms with Crippen molar-refractivity contribution in [1.29, 1.82) is 0 Å². The standard InChI is InChI=1S/C18H31FN2/c1-6-12-20-18(14(3)7-2)13-21(5)15(4)16-10-8-9-11-17(16)19/h8-11,14-15,18,20H,6-7,12-13H2,1-5H3. The van der Waals surface area contributed by atoms with Crippen LogP contribution in [0, 0.1) is 11.7 Å². The molecule has 0 amide bonds. The number of likely N-dealkylation sites (N-methyl/N-ethyl adjacent to an activating group) is 1. The minimum atomic E-state index is -0.113. The molecule has 0 aliphatic heterocycles. The maximum Gasteiger partial charge on any atom is 0.127 e. The van der Waals surface area contributed by atoms with Gasteiger partial charge in [0.1, 0.15) is 5.82 Å². The average molecular weight is 294 g/mol. The van der Waals surface area contributed by atoms with Crippen molar-refractivity contribution < 1.29 is 4.39 Å². The van der Waals surface area contributed by atoms with Crippen molar-refractivity contribution in [2.45, 2.75) is 52.6 Å². The second kappa shape index (κ2) is 9.16. The number of hydrogen-bond acceptors (Lipinski definition) is 2. The van der Waals surface area contributed by atoms with E-state index in [9.17, 15) is 4.39 Å². The molecular formula is C18H31FN2. The predicted octanol–water partition coefficient (Wildman–Crippen LogP) is 4.23. The lowest BCUT2D eigenvalue weighted by Crippen LogP contribution is -2.44. The number of hydrogen-bond donors (Lipinski definition) is 1. The van der Waals surface area contributed by atoms with Crippen LogP contribution >= 0.6 is 0 Å². The Morgan fingerprint density at radius 1 is 1.19 bits per heavy atom. The Morgan fingerprint density at radius 2 is 1.86 bits per heavy atom. The maximum absolute atomic E-state index is 13.9. The van der Waals surface area contributed by atoms with Crippen molar-refractivity contribution in [3.05, 3.63) is 35.6 Å². The Morgan fingerprint density at radius 3 is 2.43 bits per heavy atom. The van der Waals surface area contributed by atoms with Gasteiger partial charge in [0.2, 0.25) is 0 Å². The molecular weight excluding hydrogens is 263 g/mol. The van der Waals surface area contributed by atoms with Crippen LogP contribution in [0.25, 0.3) is 0 Å². The molecule has 21 heavy (non-hydrogen) atoms. The zero-order valence-electron chi connectivity index (χ0n) is 14.2. The Bertz CT molecular complexity index is 408. The zero-order valence-corrected chi connectivity index (χ0v) is 14.2. The number of nitrogens with zero attached hydrogens (tertiary/aromatic N) is 1. The first-order chi connectivity index (χ1) is 10.0. The maximum atomic E-state index is 13.9. The third-order valence-corrected chi connectivity index (χ3v) is 4.49. The highest BCUT2D eigenvalue weighted by molar-refractivity contribution is 5.20. The Balaban J connectivity index is 2.71. The van der Waals surface area contributed by atoms with E-state index in [1.165, 1.54) is 0 Å². The molecule has 0 heterocycles. The fourth-order valence-electron chi connectivity index (χ4n) is 2.58. The summed E-state index contributed by atoms with van der Waals surface area (Å²) >= 11 is 0. The smallest absolute Gasteiger partial charge is 0.127 e. The van der Waals surface area contributed by atoms with Crippen LogP contribution in [0.5, 0.6) is 0 Å². The molecule has 1 N–H and O–H groups in total. The van der Waals surface area contributed by atoms with Crippen LogP contribution in [0.15, 0.2) is 24.3 Å². The van der Waals surface area contributed by atoms with Crippen molar-refractivity contribution >= 4 is 0 Å². The summed E-state index contributed by atoms with van der Waals surface area (Å²) in [4.78, 5) is 2.25. The number of rotatable bonds is 9. The molecule has 0 aromatic heterocycles. The van der Waals surface area contributed by atoms with Crippen molar-refractivity contribution in [2.75, 3.05) is 20.1 Å². The average Bonchev–Trinajstić information content (AvgIpc) is 2.50. The van der Waals surface area contributed by atoms with Gasteiger partial charge in [0.15, 0.2) is 0 Å². The van der Waals surface area contributed by atoms with Crippen LogP contribution in [0.1, 0.15) is 52.1 Å². The van der Waals surface area contributed by atoms with E-state index >= 15 is 0 Å². The highest BCUT2D eigenvalue weighted by atomic mass is 19.1. The van der Waals surface area contributed by atoms with Crippen LogP contribution in [-0.4, -0.2) is 31.1 Å².